The van der Waals surface area contributed by atoms with Gasteiger partial charge >= 0.3 is 5.82 Å². The minimum absolute atomic E-state index is 0. The van der Waals surface area contributed by atoms with E-state index in [9.17, 15) is 10.1 Å². The van der Waals surface area contributed by atoms with Gasteiger partial charge in [0.2, 0.25) is 6.04 Å². The fourth-order valence-electron chi connectivity index (χ4n) is 1.47. The Bertz CT molecular complexity index is 487. The van der Waals surface area contributed by atoms with E-state index in [1.54, 1.807) is 42.4 Å². The second-order valence-corrected chi connectivity index (χ2v) is 4.82. The van der Waals surface area contributed by atoms with Crippen LogP contribution in [0.25, 0.3) is 0 Å². The monoisotopic (exact) mass is 306 g/mol. The van der Waals surface area contributed by atoms with Crippen molar-refractivity contribution in [3.8, 4) is 0 Å². The van der Waals surface area contributed by atoms with Crippen LogP contribution in [-0.2, 0) is 18.5 Å². The molecule has 1 heterocycles. The lowest BCUT2D eigenvalue weighted by molar-refractivity contribution is -0.672. The lowest BCUT2D eigenvalue weighted by Crippen LogP contribution is -3.00. The van der Waals surface area contributed by atoms with Gasteiger partial charge in [-0.3, -0.25) is 10.1 Å². The number of oxime groups is 1. The summed E-state index contributed by atoms with van der Waals surface area (Å²) in [4.78, 5) is 10.4. The molecule has 0 aliphatic carbocycles. The molecular formula is C11H19ClN4O4. The van der Waals surface area contributed by atoms with Gasteiger partial charge in [-0.1, -0.05) is 5.16 Å². The summed E-state index contributed by atoms with van der Waals surface area (Å²) in [6.07, 6.45) is 4.78. The number of halogens is 1. The van der Waals surface area contributed by atoms with Crippen LogP contribution in [0.4, 0.5) is 0 Å². The van der Waals surface area contributed by atoms with Crippen LogP contribution in [0.2, 0.25) is 0 Å². The van der Waals surface area contributed by atoms with Gasteiger partial charge in [0.25, 0.3) is 0 Å². The zero-order valence-electron chi connectivity index (χ0n) is 11.9. The van der Waals surface area contributed by atoms with Crippen molar-refractivity contribution in [2.75, 3.05) is 0 Å². The Labute approximate surface area is 123 Å². The molecule has 0 aliphatic rings. The molecule has 0 aromatic carbocycles. The third-order valence-corrected chi connectivity index (χ3v) is 3.20. The first-order chi connectivity index (χ1) is 8.79. The van der Waals surface area contributed by atoms with Gasteiger partial charge in [-0.25, -0.2) is 9.13 Å². The fraction of sp³-hybridized carbons (Fsp3) is 0.636. The molecule has 20 heavy (non-hydrogen) atoms. The summed E-state index contributed by atoms with van der Waals surface area (Å²) < 4.78 is 9.04. The largest absolute Gasteiger partial charge is 1.00 e. The zero-order valence-corrected chi connectivity index (χ0v) is 12.6. The number of aromatic nitrogens is 2. The van der Waals surface area contributed by atoms with Gasteiger partial charge in [0.1, 0.15) is 18.0 Å². The van der Waals surface area contributed by atoms with E-state index in [1.807, 2.05) is 0 Å². The molecular weight excluding hydrogens is 288 g/mol. The van der Waals surface area contributed by atoms with Crippen LogP contribution in [0.5, 0.6) is 0 Å². The van der Waals surface area contributed by atoms with Crippen molar-refractivity contribution in [1.82, 2.24) is 4.57 Å². The zero-order chi connectivity index (χ0) is 14.6. The van der Waals surface area contributed by atoms with Crippen molar-refractivity contribution in [3.63, 3.8) is 0 Å². The number of rotatable bonds is 6. The Morgan fingerprint density at radius 3 is 2.80 bits per heavy atom. The fourth-order valence-corrected chi connectivity index (χ4v) is 1.47. The number of hydrogen-bond acceptors (Lipinski definition) is 5. The molecule has 0 amide bonds. The van der Waals surface area contributed by atoms with Crippen LogP contribution >= 0.6 is 0 Å². The Hall–Kier alpha value is -1.67. The van der Waals surface area contributed by atoms with Crippen molar-refractivity contribution in [1.29, 1.82) is 0 Å². The first-order valence-electron chi connectivity index (χ1n) is 5.79. The third-order valence-electron chi connectivity index (χ3n) is 3.20. The minimum atomic E-state index is -0.903. The van der Waals surface area contributed by atoms with Crippen LogP contribution in [0, 0.1) is 10.1 Å². The average Bonchev–Trinajstić information content (AvgIpc) is 2.68. The Kier molecular flexibility index (Phi) is 6.60. The van der Waals surface area contributed by atoms with Gasteiger partial charge in [-0.2, -0.15) is 0 Å². The molecule has 1 rings (SSSR count). The molecule has 1 atom stereocenters. The van der Waals surface area contributed by atoms with Crippen LogP contribution in [-0.4, -0.2) is 32.6 Å². The summed E-state index contributed by atoms with van der Waals surface area (Å²) in [7, 11) is 1.79. The van der Waals surface area contributed by atoms with E-state index >= 15 is 0 Å². The maximum absolute atomic E-state index is 10.8. The maximum atomic E-state index is 10.8. The quantitative estimate of drug-likeness (QED) is 0.207. The molecule has 1 aromatic heterocycles. The molecule has 1 N–H and O–H groups in total. The van der Waals surface area contributed by atoms with Gasteiger partial charge in [0, 0.05) is 11.8 Å². The number of nitrogens with zero attached hydrogens (tertiary/aromatic N) is 4. The summed E-state index contributed by atoms with van der Waals surface area (Å²) in [5.74, 6) is 0.618. The summed E-state index contributed by atoms with van der Waals surface area (Å²) >= 11 is 0. The molecule has 0 aliphatic heterocycles. The number of hydrogen-bond donors (Lipinski definition) is 1. The molecule has 0 saturated heterocycles. The highest BCUT2D eigenvalue weighted by molar-refractivity contribution is 5.72. The lowest BCUT2D eigenvalue weighted by Gasteiger charge is -2.24. The molecule has 0 fully saturated rings. The highest BCUT2D eigenvalue weighted by Crippen LogP contribution is 2.18. The molecule has 8 nitrogen and oxygen atoms in total. The van der Waals surface area contributed by atoms with E-state index in [4.69, 9.17) is 9.94 Å². The van der Waals surface area contributed by atoms with Crippen LogP contribution in [0.1, 0.15) is 26.6 Å². The number of imidazole rings is 1. The number of nitro groups is 1. The van der Waals surface area contributed by atoms with Gasteiger partial charge in [0.05, 0.1) is 7.05 Å². The van der Waals surface area contributed by atoms with Crippen molar-refractivity contribution in [3.05, 3.63) is 28.3 Å². The maximum Gasteiger partial charge on any atom is 0.305 e. The van der Waals surface area contributed by atoms with Crippen LogP contribution < -0.4 is 17.0 Å². The molecule has 0 radical (unpaired) electrons. The van der Waals surface area contributed by atoms with Crippen molar-refractivity contribution >= 4 is 6.21 Å². The average molecular weight is 307 g/mol. The Morgan fingerprint density at radius 1 is 1.70 bits per heavy atom. The van der Waals surface area contributed by atoms with Crippen LogP contribution in [0.3, 0.4) is 0 Å². The topological polar surface area (TPSA) is 93.8 Å². The van der Waals surface area contributed by atoms with Gasteiger partial charge in [-0.05, 0) is 13.8 Å². The van der Waals surface area contributed by atoms with E-state index in [-0.39, 0.29) is 24.1 Å². The van der Waals surface area contributed by atoms with E-state index < -0.39 is 11.6 Å². The number of aryl methyl sites for hydroxylation is 1. The number of ether oxygens (including phenoxy) is 1. The van der Waals surface area contributed by atoms with E-state index in [2.05, 4.69) is 5.16 Å². The van der Waals surface area contributed by atoms with E-state index in [1.165, 1.54) is 13.1 Å². The standard InChI is InChI=1S/C11H18N4O4.ClH/c1-9(15(17)18)11(2,3)19-8-14-6-5-13(4)10(14)7-12-16;/h5-7,9H,8H2,1-4H3;1H. The highest BCUT2D eigenvalue weighted by Gasteiger charge is 2.36. The van der Waals surface area contributed by atoms with E-state index in [0.717, 1.165) is 0 Å². The summed E-state index contributed by atoms with van der Waals surface area (Å²) in [6, 6.07) is -0.827. The lowest BCUT2D eigenvalue weighted by atomic mass is 10.0. The molecule has 9 heteroatoms. The first kappa shape index (κ1) is 18.3. The molecule has 1 aromatic rings. The van der Waals surface area contributed by atoms with Crippen molar-refractivity contribution < 1.29 is 31.8 Å². The summed E-state index contributed by atoms with van der Waals surface area (Å²) in [5, 5.41) is 22.4. The molecule has 1 unspecified atom stereocenters. The highest BCUT2D eigenvalue weighted by atomic mass is 35.5. The molecule has 0 spiro atoms. The van der Waals surface area contributed by atoms with Crippen molar-refractivity contribution in [2.45, 2.75) is 39.1 Å². The Morgan fingerprint density at radius 2 is 2.30 bits per heavy atom. The normalized spacial score (nSPS) is 13.2. The second-order valence-electron chi connectivity index (χ2n) is 4.82. The Balaban J connectivity index is 0.00000361. The van der Waals surface area contributed by atoms with E-state index in [0.29, 0.717) is 5.82 Å². The molecule has 114 valence electrons. The second kappa shape index (κ2) is 7.20. The summed E-state index contributed by atoms with van der Waals surface area (Å²) in [5.41, 5.74) is -0.903. The molecule has 0 bridgehead atoms. The SMILES string of the molecule is CC([N+](=O)[O-])C(C)(C)OCn1cc[n+](C)c1/C=N/O.[Cl-]. The minimum Gasteiger partial charge on any atom is -1.00 e. The van der Waals surface area contributed by atoms with Gasteiger partial charge in [-0.15, -0.1) is 0 Å². The van der Waals surface area contributed by atoms with Crippen LogP contribution in [0.15, 0.2) is 17.5 Å². The summed E-state index contributed by atoms with van der Waals surface area (Å²) in [6.45, 7) is 4.98. The van der Waals surface area contributed by atoms with Crippen molar-refractivity contribution in [2.24, 2.45) is 12.2 Å². The predicted octanol–water partition coefficient (Wildman–Crippen LogP) is -2.46. The first-order valence-corrected chi connectivity index (χ1v) is 5.79. The predicted molar refractivity (Wildman–Crippen MR) is 66.6 cm³/mol. The smallest absolute Gasteiger partial charge is 0.305 e. The van der Waals surface area contributed by atoms with Gasteiger partial charge < -0.3 is 22.4 Å². The molecule has 0 saturated carbocycles. The third kappa shape index (κ3) is 4.17. The van der Waals surface area contributed by atoms with Gasteiger partial charge in [0.15, 0.2) is 12.9 Å².